The van der Waals surface area contributed by atoms with Gasteiger partial charge in [0.1, 0.15) is 6.04 Å². The van der Waals surface area contributed by atoms with Crippen molar-refractivity contribution in [1.82, 2.24) is 30.1 Å². The number of H-pyrrole nitrogens is 1. The highest BCUT2D eigenvalue weighted by Gasteiger charge is 2.33. The number of aromatic amines is 1. The van der Waals surface area contributed by atoms with Crippen molar-refractivity contribution in [3.8, 4) is 11.5 Å². The smallest absolute Gasteiger partial charge is 0.253 e. The van der Waals surface area contributed by atoms with Gasteiger partial charge in [0.15, 0.2) is 17.3 Å². The first-order valence-corrected chi connectivity index (χ1v) is 13.8. The molecule has 40 heavy (non-hydrogen) atoms. The Balaban J connectivity index is 1.25. The summed E-state index contributed by atoms with van der Waals surface area (Å²) in [7, 11) is 0. The average Bonchev–Trinajstić information content (AvgIpc) is 3.63. The van der Waals surface area contributed by atoms with Crippen LogP contribution in [0.5, 0.6) is 11.5 Å². The van der Waals surface area contributed by atoms with Gasteiger partial charge >= 0.3 is 0 Å². The fraction of sp³-hybridized carbons (Fsp3) is 0.290. The Morgan fingerprint density at radius 3 is 2.35 bits per heavy atom. The molecule has 2 aliphatic heterocycles. The van der Waals surface area contributed by atoms with Gasteiger partial charge in [-0.1, -0.05) is 60.7 Å². The standard InChI is InChI=1S/C31H30N6O3/c38-31-25(16-24-17-27-28(40-20-39-27)18-26(24)32-31)29(30-33-34-35-37(30)19-23-9-5-2-6-10-23)36-13-11-22(12-14-36)15-21-7-3-1-4-8-21/h1-10,16-18,22,29H,11-15,19-20H2,(H,32,38)/t29-/m0/s1. The lowest BCUT2D eigenvalue weighted by atomic mass is 9.89. The van der Waals surface area contributed by atoms with Crippen LogP contribution in [0.1, 0.15) is 41.4 Å². The fourth-order valence-corrected chi connectivity index (χ4v) is 5.95. The number of hydrogen-bond donors (Lipinski definition) is 1. The molecule has 9 nitrogen and oxygen atoms in total. The van der Waals surface area contributed by atoms with E-state index in [1.54, 1.807) is 0 Å². The van der Waals surface area contributed by atoms with E-state index in [1.807, 2.05) is 41.1 Å². The van der Waals surface area contributed by atoms with Gasteiger partial charge in [-0.2, -0.15) is 0 Å². The Hall–Kier alpha value is -4.50. The van der Waals surface area contributed by atoms with E-state index in [1.165, 1.54) is 5.56 Å². The maximum atomic E-state index is 13.7. The van der Waals surface area contributed by atoms with Gasteiger partial charge in [-0.3, -0.25) is 9.69 Å². The number of ether oxygens (including phenoxy) is 2. The number of nitrogens with zero attached hydrogens (tertiary/aromatic N) is 5. The molecule has 9 heteroatoms. The predicted molar refractivity (Wildman–Crippen MR) is 150 cm³/mol. The van der Waals surface area contributed by atoms with Crippen molar-refractivity contribution < 1.29 is 9.47 Å². The normalized spacial score (nSPS) is 16.4. The molecular formula is C31H30N6O3. The minimum absolute atomic E-state index is 0.156. The molecule has 5 aromatic rings. The zero-order chi connectivity index (χ0) is 26.9. The van der Waals surface area contributed by atoms with Crippen LogP contribution in [0.2, 0.25) is 0 Å². The molecule has 1 atom stereocenters. The van der Waals surface area contributed by atoms with E-state index in [9.17, 15) is 4.79 Å². The van der Waals surface area contributed by atoms with Crippen LogP contribution in [0.15, 0.2) is 83.7 Å². The highest BCUT2D eigenvalue weighted by molar-refractivity contribution is 5.83. The first-order valence-electron chi connectivity index (χ1n) is 13.8. The number of tetrazole rings is 1. The zero-order valence-corrected chi connectivity index (χ0v) is 22.1. The fourth-order valence-electron chi connectivity index (χ4n) is 5.95. The maximum Gasteiger partial charge on any atom is 0.253 e. The minimum Gasteiger partial charge on any atom is -0.454 e. The third-order valence-electron chi connectivity index (χ3n) is 8.02. The molecule has 1 fully saturated rings. The lowest BCUT2D eigenvalue weighted by Crippen LogP contribution is -2.41. The Bertz CT molecular complexity index is 1680. The quantitative estimate of drug-likeness (QED) is 0.332. The van der Waals surface area contributed by atoms with Crippen molar-refractivity contribution in [2.75, 3.05) is 19.9 Å². The molecule has 0 amide bonds. The molecule has 2 aliphatic rings. The first-order chi connectivity index (χ1) is 19.7. The van der Waals surface area contributed by atoms with Gasteiger partial charge in [0.05, 0.1) is 12.1 Å². The van der Waals surface area contributed by atoms with E-state index in [2.05, 4.69) is 67.9 Å². The zero-order valence-electron chi connectivity index (χ0n) is 22.1. The van der Waals surface area contributed by atoms with Crippen LogP contribution < -0.4 is 15.0 Å². The summed E-state index contributed by atoms with van der Waals surface area (Å²) in [5.74, 6) is 2.57. The Kier molecular flexibility index (Phi) is 6.49. The third-order valence-corrected chi connectivity index (χ3v) is 8.02. The van der Waals surface area contributed by atoms with E-state index < -0.39 is 6.04 Å². The van der Waals surface area contributed by atoms with Crippen LogP contribution in [0.3, 0.4) is 0 Å². The monoisotopic (exact) mass is 534 g/mol. The van der Waals surface area contributed by atoms with Crippen LogP contribution in [0, 0.1) is 5.92 Å². The molecule has 0 aliphatic carbocycles. The molecule has 3 aromatic carbocycles. The minimum atomic E-state index is -0.394. The third kappa shape index (κ3) is 4.84. The number of benzene rings is 3. The highest BCUT2D eigenvalue weighted by Crippen LogP contribution is 2.37. The molecule has 202 valence electrons. The molecule has 0 spiro atoms. The van der Waals surface area contributed by atoms with Crippen molar-refractivity contribution in [2.24, 2.45) is 5.92 Å². The molecule has 0 saturated carbocycles. The van der Waals surface area contributed by atoms with Crippen molar-refractivity contribution in [3.63, 3.8) is 0 Å². The second-order valence-electron chi connectivity index (χ2n) is 10.6. The van der Waals surface area contributed by atoms with Crippen molar-refractivity contribution >= 4 is 10.9 Å². The van der Waals surface area contributed by atoms with E-state index in [4.69, 9.17) is 9.47 Å². The number of likely N-dealkylation sites (tertiary alicyclic amines) is 1. The van der Waals surface area contributed by atoms with Gasteiger partial charge in [-0.25, -0.2) is 4.68 Å². The predicted octanol–water partition coefficient (Wildman–Crippen LogP) is 4.34. The van der Waals surface area contributed by atoms with E-state index >= 15 is 0 Å². The molecule has 0 bridgehead atoms. The second kappa shape index (κ2) is 10.6. The first kappa shape index (κ1) is 24.5. The Morgan fingerprint density at radius 1 is 0.900 bits per heavy atom. The van der Waals surface area contributed by atoms with Gasteiger partial charge in [-0.15, -0.1) is 5.10 Å². The molecular weight excluding hydrogens is 504 g/mol. The summed E-state index contributed by atoms with van der Waals surface area (Å²) in [6.07, 6.45) is 3.14. The lowest BCUT2D eigenvalue weighted by molar-refractivity contribution is 0.143. The van der Waals surface area contributed by atoms with Crippen LogP contribution in [-0.4, -0.2) is 50.0 Å². The number of piperidine rings is 1. The van der Waals surface area contributed by atoms with E-state index in [-0.39, 0.29) is 12.4 Å². The Labute approximate surface area is 231 Å². The summed E-state index contributed by atoms with van der Waals surface area (Å²) in [6, 6.07) is 26.1. The molecule has 4 heterocycles. The topological polar surface area (TPSA) is 98.2 Å². The summed E-state index contributed by atoms with van der Waals surface area (Å²) >= 11 is 0. The highest BCUT2D eigenvalue weighted by atomic mass is 16.7. The number of fused-ring (bicyclic) bond motifs is 2. The molecule has 1 saturated heterocycles. The molecule has 0 radical (unpaired) electrons. The van der Waals surface area contributed by atoms with Crippen molar-refractivity contribution in [2.45, 2.75) is 31.8 Å². The number of aromatic nitrogens is 5. The molecule has 1 N–H and O–H groups in total. The summed E-state index contributed by atoms with van der Waals surface area (Å²) in [5.41, 5.74) is 3.64. The van der Waals surface area contributed by atoms with Crippen LogP contribution in [0.4, 0.5) is 0 Å². The van der Waals surface area contributed by atoms with Crippen LogP contribution >= 0.6 is 0 Å². The summed E-state index contributed by atoms with van der Waals surface area (Å²) in [6.45, 7) is 2.39. The second-order valence-corrected chi connectivity index (χ2v) is 10.6. The maximum absolute atomic E-state index is 13.7. The summed E-state index contributed by atoms with van der Waals surface area (Å²) in [5, 5.41) is 13.8. The van der Waals surface area contributed by atoms with E-state index in [0.29, 0.717) is 40.9 Å². The number of pyridine rings is 1. The van der Waals surface area contributed by atoms with Gasteiger partial charge in [-0.05, 0) is 72.0 Å². The van der Waals surface area contributed by atoms with Gasteiger partial charge < -0.3 is 14.5 Å². The van der Waals surface area contributed by atoms with Crippen LogP contribution in [-0.2, 0) is 13.0 Å². The Morgan fingerprint density at radius 2 is 1.60 bits per heavy atom. The molecule has 7 rings (SSSR count). The summed E-state index contributed by atoms with van der Waals surface area (Å²) < 4.78 is 13.0. The van der Waals surface area contributed by atoms with Gasteiger partial charge in [0.2, 0.25) is 6.79 Å². The van der Waals surface area contributed by atoms with Crippen molar-refractivity contribution in [1.29, 1.82) is 0 Å². The number of hydrogen-bond acceptors (Lipinski definition) is 7. The van der Waals surface area contributed by atoms with Gasteiger partial charge in [0, 0.05) is 17.0 Å². The van der Waals surface area contributed by atoms with E-state index in [0.717, 1.165) is 43.3 Å². The average molecular weight is 535 g/mol. The molecule has 2 aromatic heterocycles. The number of nitrogens with one attached hydrogen (secondary N) is 1. The van der Waals surface area contributed by atoms with Gasteiger partial charge in [0.25, 0.3) is 5.56 Å². The van der Waals surface area contributed by atoms with Crippen LogP contribution in [0.25, 0.3) is 10.9 Å². The molecule has 0 unspecified atom stereocenters. The van der Waals surface area contributed by atoms with Crippen molar-refractivity contribution in [3.05, 3.63) is 112 Å². The summed E-state index contributed by atoms with van der Waals surface area (Å²) in [4.78, 5) is 19.1. The number of rotatable bonds is 7. The largest absolute Gasteiger partial charge is 0.454 e. The SMILES string of the molecule is O=c1[nH]c2cc3c(cc2cc1[C@@H](c1nnnn1Cc1ccccc1)N1CCC(Cc2ccccc2)CC1)OCO3. The lowest BCUT2D eigenvalue weighted by Gasteiger charge is -2.37.